The van der Waals surface area contributed by atoms with Crippen molar-refractivity contribution in [3.05, 3.63) is 59.9 Å². The third-order valence-corrected chi connectivity index (χ3v) is 6.43. The van der Waals surface area contributed by atoms with Crippen LogP contribution in [0.4, 0.5) is 10.2 Å². The summed E-state index contributed by atoms with van der Waals surface area (Å²) in [7, 11) is -3.91. The van der Waals surface area contributed by atoms with E-state index in [-0.39, 0.29) is 16.5 Å². The minimum absolute atomic E-state index is 0.0712. The molecule has 7 nitrogen and oxygen atoms in total. The highest BCUT2D eigenvalue weighted by molar-refractivity contribution is 7.99. The molecule has 4 rings (SSSR count). The van der Waals surface area contributed by atoms with Crippen molar-refractivity contribution < 1.29 is 17.6 Å². The van der Waals surface area contributed by atoms with Gasteiger partial charge in [-0.15, -0.1) is 16.9 Å². The minimum Gasteiger partial charge on any atom is -0.311 e. The third-order valence-electron chi connectivity index (χ3n) is 3.99. The van der Waals surface area contributed by atoms with Crippen molar-refractivity contribution in [2.75, 3.05) is 10.1 Å². The first-order valence-electron chi connectivity index (χ1n) is 7.82. The highest BCUT2D eigenvalue weighted by Crippen LogP contribution is 2.45. The number of carbonyl (C=O) groups is 1. The van der Waals surface area contributed by atoms with Gasteiger partial charge in [-0.1, -0.05) is 18.2 Å². The zero-order valence-electron chi connectivity index (χ0n) is 13.7. The number of sulfonamides is 1. The Morgan fingerprint density at radius 3 is 2.70 bits per heavy atom. The van der Waals surface area contributed by atoms with E-state index in [0.717, 1.165) is 4.79 Å². The second-order valence-corrected chi connectivity index (χ2v) is 8.34. The van der Waals surface area contributed by atoms with Gasteiger partial charge in [-0.05, 0) is 35.9 Å². The summed E-state index contributed by atoms with van der Waals surface area (Å²) < 4.78 is 39.0. The molecule has 27 heavy (non-hydrogen) atoms. The molecule has 10 heteroatoms. The van der Waals surface area contributed by atoms with Crippen molar-refractivity contribution in [1.29, 1.82) is 0 Å². The smallest absolute Gasteiger partial charge is 0.276 e. The molecule has 0 fully saturated rings. The lowest BCUT2D eigenvalue weighted by molar-refractivity contribution is -0.105. The number of carbonyl (C=O) groups excluding carboxylic acids is 1. The van der Waals surface area contributed by atoms with Crippen molar-refractivity contribution in [1.82, 2.24) is 9.89 Å². The standard InChI is InChI=1S/C17H13FN4O3S2/c18-12-6-7-14-11(8-12)9-26-16-15(14)22(20-17(16)19-10-23)21-27(24,25)13-4-2-1-3-5-13/h1-8,10,21H,9H2,(H,19,20,23). The number of thioether (sulfide) groups is 1. The van der Waals surface area contributed by atoms with E-state index >= 15 is 0 Å². The number of amides is 1. The number of halogens is 1. The number of benzene rings is 2. The van der Waals surface area contributed by atoms with Crippen LogP contribution in [0.15, 0.2) is 58.3 Å². The molecule has 1 amide bonds. The Bertz CT molecular complexity index is 1130. The van der Waals surface area contributed by atoms with E-state index in [1.807, 2.05) is 0 Å². The molecule has 0 aliphatic carbocycles. The predicted octanol–water partition coefficient (Wildman–Crippen LogP) is 2.80. The van der Waals surface area contributed by atoms with E-state index in [1.165, 1.54) is 36.0 Å². The molecule has 0 unspecified atom stereocenters. The van der Waals surface area contributed by atoms with Gasteiger partial charge in [0, 0.05) is 11.3 Å². The van der Waals surface area contributed by atoms with Crippen LogP contribution in [-0.4, -0.2) is 24.7 Å². The fourth-order valence-electron chi connectivity index (χ4n) is 2.82. The molecular weight excluding hydrogens is 391 g/mol. The van der Waals surface area contributed by atoms with Gasteiger partial charge in [-0.2, -0.15) is 18.0 Å². The number of fused-ring (bicyclic) bond motifs is 3. The van der Waals surface area contributed by atoms with Crippen LogP contribution in [0.2, 0.25) is 0 Å². The largest absolute Gasteiger partial charge is 0.311 e. The van der Waals surface area contributed by atoms with Gasteiger partial charge in [0.2, 0.25) is 6.41 Å². The molecule has 0 spiro atoms. The van der Waals surface area contributed by atoms with Gasteiger partial charge in [0.05, 0.1) is 9.79 Å². The zero-order chi connectivity index (χ0) is 19.0. The van der Waals surface area contributed by atoms with Crippen LogP contribution >= 0.6 is 11.8 Å². The third kappa shape index (κ3) is 3.17. The Kier molecular flexibility index (Phi) is 4.36. The lowest BCUT2D eigenvalue weighted by atomic mass is 10.1. The zero-order valence-corrected chi connectivity index (χ0v) is 15.3. The van der Waals surface area contributed by atoms with Crippen LogP contribution in [-0.2, 0) is 20.6 Å². The summed E-state index contributed by atoms with van der Waals surface area (Å²) in [4.78, 5) is 15.1. The summed E-state index contributed by atoms with van der Waals surface area (Å²) in [6.07, 6.45) is 0.472. The first-order valence-corrected chi connectivity index (χ1v) is 10.3. The Balaban J connectivity index is 1.85. The summed E-state index contributed by atoms with van der Waals surface area (Å²) in [6.45, 7) is 0. The molecular formula is C17H13FN4O3S2. The van der Waals surface area contributed by atoms with E-state index in [0.29, 0.717) is 33.9 Å². The molecule has 0 saturated carbocycles. The average molecular weight is 404 g/mol. The summed E-state index contributed by atoms with van der Waals surface area (Å²) in [5, 5.41) is 6.66. The number of aromatic nitrogens is 2. The monoisotopic (exact) mass is 404 g/mol. The minimum atomic E-state index is -3.91. The molecule has 0 atom stereocenters. The number of hydrogen-bond acceptors (Lipinski definition) is 5. The molecule has 1 aliphatic rings. The Morgan fingerprint density at radius 2 is 1.96 bits per heavy atom. The molecule has 138 valence electrons. The number of nitrogens with zero attached hydrogens (tertiary/aromatic N) is 2. The quantitative estimate of drug-likeness (QED) is 0.638. The normalized spacial score (nSPS) is 12.8. The summed E-state index contributed by atoms with van der Waals surface area (Å²) in [5.41, 5.74) is 1.81. The number of nitrogens with one attached hydrogen (secondary N) is 2. The molecule has 0 bridgehead atoms. The fourth-order valence-corrected chi connectivity index (χ4v) is 4.91. The second-order valence-electron chi connectivity index (χ2n) is 5.70. The topological polar surface area (TPSA) is 93.1 Å². The first kappa shape index (κ1) is 17.6. The van der Waals surface area contributed by atoms with Gasteiger partial charge in [-0.3, -0.25) is 4.79 Å². The van der Waals surface area contributed by atoms with E-state index < -0.39 is 10.0 Å². The Morgan fingerprint density at radius 1 is 1.19 bits per heavy atom. The van der Waals surface area contributed by atoms with Crippen LogP contribution < -0.4 is 10.1 Å². The van der Waals surface area contributed by atoms with Crippen LogP contribution in [0.3, 0.4) is 0 Å². The van der Waals surface area contributed by atoms with Gasteiger partial charge < -0.3 is 5.32 Å². The maximum absolute atomic E-state index is 13.6. The lowest BCUT2D eigenvalue weighted by Crippen LogP contribution is -2.25. The van der Waals surface area contributed by atoms with Crippen molar-refractivity contribution in [3.8, 4) is 11.3 Å². The van der Waals surface area contributed by atoms with E-state index in [9.17, 15) is 17.6 Å². The fraction of sp³-hybridized carbons (Fsp3) is 0.0588. The molecule has 2 N–H and O–H groups in total. The van der Waals surface area contributed by atoms with Crippen LogP contribution in [0.1, 0.15) is 5.56 Å². The highest BCUT2D eigenvalue weighted by atomic mass is 32.2. The molecule has 0 saturated heterocycles. The van der Waals surface area contributed by atoms with Gasteiger partial charge in [0.25, 0.3) is 10.0 Å². The molecule has 1 aliphatic heterocycles. The van der Waals surface area contributed by atoms with E-state index in [1.54, 1.807) is 24.3 Å². The number of hydrogen-bond donors (Lipinski definition) is 2. The molecule has 2 aromatic carbocycles. The van der Waals surface area contributed by atoms with Gasteiger partial charge in [-0.25, -0.2) is 4.39 Å². The SMILES string of the molecule is O=CNc1nn(NS(=O)(=O)c2ccccc2)c2c1SCc1cc(F)ccc1-2. The summed E-state index contributed by atoms with van der Waals surface area (Å²) in [5.74, 6) is 0.334. The molecule has 2 heterocycles. The highest BCUT2D eigenvalue weighted by Gasteiger charge is 2.28. The van der Waals surface area contributed by atoms with Gasteiger partial charge in [0.1, 0.15) is 11.5 Å². The Labute approximate surface area is 158 Å². The van der Waals surface area contributed by atoms with Crippen LogP contribution in [0.25, 0.3) is 11.3 Å². The maximum atomic E-state index is 13.6. The molecule has 1 aromatic heterocycles. The predicted molar refractivity (Wildman–Crippen MR) is 99.9 cm³/mol. The Hall–Kier alpha value is -2.85. The first-order chi connectivity index (χ1) is 13.0. The van der Waals surface area contributed by atoms with Crippen molar-refractivity contribution in [2.24, 2.45) is 0 Å². The maximum Gasteiger partial charge on any atom is 0.276 e. The van der Waals surface area contributed by atoms with Crippen LogP contribution in [0, 0.1) is 5.82 Å². The summed E-state index contributed by atoms with van der Waals surface area (Å²) in [6, 6.07) is 12.1. The lowest BCUT2D eigenvalue weighted by Gasteiger charge is -2.18. The second kappa shape index (κ2) is 6.71. The summed E-state index contributed by atoms with van der Waals surface area (Å²) >= 11 is 1.34. The number of anilines is 1. The van der Waals surface area contributed by atoms with Crippen LogP contribution in [0.5, 0.6) is 0 Å². The van der Waals surface area contributed by atoms with Crippen molar-refractivity contribution in [2.45, 2.75) is 15.5 Å². The van der Waals surface area contributed by atoms with Crippen molar-refractivity contribution in [3.63, 3.8) is 0 Å². The van der Waals surface area contributed by atoms with Crippen molar-refractivity contribution >= 4 is 34.0 Å². The number of rotatable bonds is 5. The van der Waals surface area contributed by atoms with Gasteiger partial charge >= 0.3 is 0 Å². The average Bonchev–Trinajstić information content (AvgIpc) is 2.99. The van der Waals surface area contributed by atoms with E-state index in [2.05, 4.69) is 15.2 Å². The molecule has 3 aromatic rings. The molecule has 0 radical (unpaired) electrons. The van der Waals surface area contributed by atoms with E-state index in [4.69, 9.17) is 0 Å². The van der Waals surface area contributed by atoms with Gasteiger partial charge in [0.15, 0.2) is 5.82 Å².